The summed E-state index contributed by atoms with van der Waals surface area (Å²) in [5.74, 6) is -0.557. The molecule has 51 heavy (non-hydrogen) atoms. The number of nitrogens with zero attached hydrogens (tertiary/aromatic N) is 2. The number of unbranched alkanes of at least 4 members (excludes halogenated alkanes) is 2. The SMILES string of the molecule is O=C1/C(=C\C=c2\c3cccc4cccc(c43)n2CCCCS(=O)(=O)O)CCC/C1=C\C=c1\c2cccc3cccc(c32)n1CCCCS(=O)(=O)O. The van der Waals surface area contributed by atoms with Crippen molar-refractivity contribution < 1.29 is 30.7 Å². The maximum atomic E-state index is 13.9. The fourth-order valence-electron chi connectivity index (χ4n) is 7.60. The van der Waals surface area contributed by atoms with E-state index < -0.39 is 20.2 Å². The van der Waals surface area contributed by atoms with E-state index in [-0.39, 0.29) is 17.3 Å². The number of aromatic nitrogens is 2. The predicted molar refractivity (Wildman–Crippen MR) is 205 cm³/mol. The van der Waals surface area contributed by atoms with Gasteiger partial charge in [0.2, 0.25) is 0 Å². The average molecular weight is 725 g/mol. The number of ketones is 1. The first kappa shape index (κ1) is 34.9. The van der Waals surface area contributed by atoms with Gasteiger partial charge in [-0.05, 0) is 91.1 Å². The lowest BCUT2D eigenvalue weighted by atomic mass is 9.88. The maximum Gasteiger partial charge on any atom is 0.264 e. The molecule has 1 fully saturated rings. The van der Waals surface area contributed by atoms with E-state index in [2.05, 4.69) is 57.7 Å². The van der Waals surface area contributed by atoms with Crippen LogP contribution in [0.25, 0.3) is 55.5 Å². The molecule has 2 N–H and O–H groups in total. The Bertz CT molecular complexity index is 2500. The molecule has 6 aromatic rings. The molecule has 4 aromatic carbocycles. The molecular weight excluding hydrogens is 685 g/mol. The van der Waals surface area contributed by atoms with E-state index in [9.17, 15) is 30.7 Å². The van der Waals surface area contributed by atoms with E-state index in [4.69, 9.17) is 0 Å². The van der Waals surface area contributed by atoms with Gasteiger partial charge >= 0.3 is 0 Å². The minimum Gasteiger partial charge on any atom is -0.340 e. The Morgan fingerprint density at radius 3 is 1.39 bits per heavy atom. The lowest BCUT2D eigenvalue weighted by Crippen LogP contribution is -2.18. The van der Waals surface area contributed by atoms with Gasteiger partial charge in [-0.3, -0.25) is 13.9 Å². The molecule has 0 amide bonds. The van der Waals surface area contributed by atoms with Crippen LogP contribution < -0.4 is 10.7 Å². The number of hydrogen-bond acceptors (Lipinski definition) is 5. The van der Waals surface area contributed by atoms with Gasteiger partial charge in [0.25, 0.3) is 20.2 Å². The fraction of sp³-hybridized carbons (Fsp3) is 0.275. The van der Waals surface area contributed by atoms with Gasteiger partial charge < -0.3 is 9.13 Å². The van der Waals surface area contributed by atoms with Gasteiger partial charge in [0.05, 0.1) is 11.5 Å². The van der Waals surface area contributed by atoms with Crippen LogP contribution in [0.3, 0.4) is 0 Å². The van der Waals surface area contributed by atoms with E-state index in [0.29, 0.717) is 51.6 Å². The smallest absolute Gasteiger partial charge is 0.264 e. The van der Waals surface area contributed by atoms with Crippen LogP contribution in [0, 0.1) is 0 Å². The summed E-state index contributed by atoms with van der Waals surface area (Å²) < 4.78 is 68.1. The molecule has 1 aliphatic carbocycles. The average Bonchev–Trinajstić information content (AvgIpc) is 3.57. The molecule has 0 bridgehead atoms. The van der Waals surface area contributed by atoms with Crippen molar-refractivity contribution in [3.63, 3.8) is 0 Å². The molecule has 0 radical (unpaired) electrons. The number of rotatable bonds is 12. The molecule has 2 aromatic heterocycles. The molecule has 11 heteroatoms. The number of benzene rings is 4. The highest BCUT2D eigenvalue weighted by atomic mass is 32.2. The minimum absolute atomic E-state index is 0.0109. The quantitative estimate of drug-likeness (QED) is 0.0831. The third-order valence-electron chi connectivity index (χ3n) is 9.91. The van der Waals surface area contributed by atoms with Gasteiger partial charge in [-0.15, -0.1) is 0 Å². The van der Waals surface area contributed by atoms with E-state index >= 15 is 0 Å². The zero-order chi connectivity index (χ0) is 35.8. The van der Waals surface area contributed by atoms with Crippen molar-refractivity contribution in [3.05, 3.63) is 107 Å². The van der Waals surface area contributed by atoms with Crippen molar-refractivity contribution in [2.75, 3.05) is 11.5 Å². The lowest BCUT2D eigenvalue weighted by Gasteiger charge is -2.15. The van der Waals surface area contributed by atoms with E-state index in [1.807, 2.05) is 48.6 Å². The zero-order valence-electron chi connectivity index (χ0n) is 28.2. The first-order chi connectivity index (χ1) is 24.5. The van der Waals surface area contributed by atoms with Gasteiger partial charge in [0, 0.05) is 56.4 Å². The Labute approximate surface area is 296 Å². The molecule has 0 unspecified atom stereocenters. The molecule has 0 saturated heterocycles. The molecule has 0 spiro atoms. The summed E-state index contributed by atoms with van der Waals surface area (Å²) >= 11 is 0. The van der Waals surface area contributed by atoms with E-state index in [0.717, 1.165) is 71.6 Å². The summed E-state index contributed by atoms with van der Waals surface area (Å²) in [4.78, 5) is 13.9. The lowest BCUT2D eigenvalue weighted by molar-refractivity contribution is -0.113. The standard InChI is InChI=1S/C40H40N2O7S2/c43-40-30(20-22-34-32-16-6-10-28-12-8-18-36(38(28)32)41(34)24-1-3-26-50(44,45)46)14-5-15-31(40)21-23-35-33-17-7-11-29-13-9-19-37(39(29)33)42(35)25-2-4-27-51(47,48)49/h6-13,16-23H,1-5,14-15,24-27H2,(H,44,45,46)(H,47,48,49)/b30-20-,31-21+,34-22-,35-23-. The highest BCUT2D eigenvalue weighted by Gasteiger charge is 2.20. The van der Waals surface area contributed by atoms with Gasteiger partial charge in [-0.2, -0.15) is 16.8 Å². The second kappa shape index (κ2) is 14.2. The van der Waals surface area contributed by atoms with Gasteiger partial charge in [-0.1, -0.05) is 72.8 Å². The van der Waals surface area contributed by atoms with Crippen LogP contribution in [0.2, 0.25) is 0 Å². The second-order valence-electron chi connectivity index (χ2n) is 13.3. The Morgan fingerprint density at radius 1 is 0.569 bits per heavy atom. The molecule has 1 saturated carbocycles. The molecule has 0 atom stereocenters. The van der Waals surface area contributed by atoms with Crippen LogP contribution in [0.5, 0.6) is 0 Å². The fourth-order valence-corrected chi connectivity index (χ4v) is 8.74. The molecule has 1 aliphatic rings. The highest BCUT2D eigenvalue weighted by Crippen LogP contribution is 2.29. The topological polar surface area (TPSA) is 136 Å². The molecular formula is C40H40N2O7S2. The molecule has 9 nitrogen and oxygen atoms in total. The first-order valence-electron chi connectivity index (χ1n) is 17.3. The molecule has 264 valence electrons. The van der Waals surface area contributed by atoms with Crippen molar-refractivity contribution in [3.8, 4) is 0 Å². The van der Waals surface area contributed by atoms with Crippen LogP contribution >= 0.6 is 0 Å². The van der Waals surface area contributed by atoms with Crippen molar-refractivity contribution >= 4 is 81.5 Å². The van der Waals surface area contributed by atoms with Gasteiger partial charge in [0.1, 0.15) is 0 Å². The van der Waals surface area contributed by atoms with Gasteiger partial charge in [-0.25, -0.2) is 0 Å². The number of allylic oxidation sites excluding steroid dienone is 4. The number of carbonyl (C=O) groups is 1. The zero-order valence-corrected chi connectivity index (χ0v) is 29.8. The minimum atomic E-state index is -4.03. The summed E-state index contributed by atoms with van der Waals surface area (Å²) in [6.45, 7) is 1.12. The van der Waals surface area contributed by atoms with E-state index in [1.165, 1.54) is 0 Å². The third kappa shape index (κ3) is 7.43. The summed E-state index contributed by atoms with van der Waals surface area (Å²) in [6.07, 6.45) is 11.8. The maximum absolute atomic E-state index is 13.9. The monoisotopic (exact) mass is 724 g/mol. The van der Waals surface area contributed by atoms with Crippen molar-refractivity contribution in [1.29, 1.82) is 0 Å². The third-order valence-corrected chi connectivity index (χ3v) is 11.5. The van der Waals surface area contributed by atoms with Crippen LogP contribution in [-0.4, -0.2) is 52.4 Å². The normalized spacial score (nSPS) is 17.1. The first-order valence-corrected chi connectivity index (χ1v) is 20.6. The van der Waals surface area contributed by atoms with Crippen LogP contribution in [0.4, 0.5) is 0 Å². The summed E-state index contributed by atoms with van der Waals surface area (Å²) in [7, 11) is -8.06. The van der Waals surface area contributed by atoms with Crippen LogP contribution in [0.15, 0.2) is 96.1 Å². The largest absolute Gasteiger partial charge is 0.340 e. The number of carbonyl (C=O) groups excluding carboxylic acids is 1. The molecule has 0 aliphatic heterocycles. The van der Waals surface area contributed by atoms with Crippen LogP contribution in [-0.2, 0) is 38.1 Å². The summed E-state index contributed by atoms with van der Waals surface area (Å²) in [6, 6.07) is 24.6. The van der Waals surface area contributed by atoms with Crippen LogP contribution in [0.1, 0.15) is 44.9 Å². The summed E-state index contributed by atoms with van der Waals surface area (Å²) in [5, 5.41) is 8.48. The number of Topliss-reactive ketones (excluding diaryl/α,β-unsaturated/α-hetero) is 1. The molecule has 2 heterocycles. The predicted octanol–water partition coefficient (Wildman–Crippen LogP) is 6.54. The Kier molecular flexibility index (Phi) is 9.73. The van der Waals surface area contributed by atoms with Crippen molar-refractivity contribution in [1.82, 2.24) is 9.13 Å². The van der Waals surface area contributed by atoms with Crippen molar-refractivity contribution in [2.45, 2.75) is 58.0 Å². The number of aryl methyl sites for hydroxylation is 2. The second-order valence-corrected chi connectivity index (χ2v) is 16.5. The van der Waals surface area contributed by atoms with E-state index in [1.54, 1.807) is 0 Å². The summed E-state index contributed by atoms with van der Waals surface area (Å²) in [5.41, 5.74) is 3.53. The Balaban J connectivity index is 1.25. The highest BCUT2D eigenvalue weighted by molar-refractivity contribution is 7.86. The Hall–Kier alpha value is -4.55. The van der Waals surface area contributed by atoms with Crippen molar-refractivity contribution in [2.24, 2.45) is 0 Å². The van der Waals surface area contributed by atoms with Gasteiger partial charge in [0.15, 0.2) is 5.78 Å². The Morgan fingerprint density at radius 2 is 0.980 bits per heavy atom. The number of hydrogen-bond donors (Lipinski definition) is 2. The molecule has 7 rings (SSSR count).